The maximum atomic E-state index is 11.1. The number of nitrogens with zero attached hydrogens (tertiary/aromatic N) is 1. The zero-order valence-corrected chi connectivity index (χ0v) is 8.06. The van der Waals surface area contributed by atoms with Crippen LogP contribution in [0.2, 0.25) is 0 Å². The van der Waals surface area contributed by atoms with Gasteiger partial charge in [-0.25, -0.2) is 9.78 Å². The molecule has 1 aromatic rings. The van der Waals surface area contributed by atoms with Crippen molar-refractivity contribution in [3.05, 3.63) is 24.0 Å². The molecule has 6 heteroatoms. The van der Waals surface area contributed by atoms with Gasteiger partial charge in [-0.05, 0) is 12.1 Å². The largest absolute Gasteiger partial charge is 0.476 e. The Morgan fingerprint density at radius 1 is 1.60 bits per heavy atom. The van der Waals surface area contributed by atoms with Crippen LogP contribution in [-0.4, -0.2) is 35.7 Å². The predicted octanol–water partition coefficient (Wildman–Crippen LogP) is 0.365. The van der Waals surface area contributed by atoms with Gasteiger partial charge in [0.25, 0.3) is 0 Å². The fraction of sp³-hybridized carbons (Fsp3) is 0.222. The van der Waals surface area contributed by atoms with Crippen LogP contribution in [0, 0.1) is 0 Å². The number of hydrogen-bond acceptors (Lipinski definition) is 4. The number of methoxy groups -OCH3 is 1. The average molecular weight is 210 g/mol. The van der Waals surface area contributed by atoms with Crippen LogP contribution in [0.15, 0.2) is 18.3 Å². The minimum Gasteiger partial charge on any atom is -0.476 e. The van der Waals surface area contributed by atoms with Crippen LogP contribution in [-0.2, 0) is 9.53 Å². The van der Waals surface area contributed by atoms with Gasteiger partial charge >= 0.3 is 5.97 Å². The van der Waals surface area contributed by atoms with E-state index in [2.05, 4.69) is 15.0 Å². The maximum absolute atomic E-state index is 11.1. The number of pyridine rings is 1. The van der Waals surface area contributed by atoms with Crippen molar-refractivity contribution in [2.75, 3.05) is 19.0 Å². The Morgan fingerprint density at radius 3 is 2.93 bits per heavy atom. The fourth-order valence-electron chi connectivity index (χ4n) is 0.994. The van der Waals surface area contributed by atoms with Crippen molar-refractivity contribution in [1.29, 1.82) is 0 Å². The summed E-state index contributed by atoms with van der Waals surface area (Å²) in [6.45, 7) is -0.131. The number of carboxylic acid groups (broad SMARTS) is 1. The van der Waals surface area contributed by atoms with Crippen LogP contribution in [0.4, 0.5) is 5.69 Å². The molecule has 2 N–H and O–H groups in total. The van der Waals surface area contributed by atoms with Gasteiger partial charge in [0, 0.05) is 13.3 Å². The van der Waals surface area contributed by atoms with Gasteiger partial charge in [0.15, 0.2) is 5.69 Å². The van der Waals surface area contributed by atoms with Gasteiger partial charge in [0.2, 0.25) is 5.91 Å². The van der Waals surface area contributed by atoms with Gasteiger partial charge in [-0.2, -0.15) is 0 Å². The number of amides is 1. The van der Waals surface area contributed by atoms with Crippen molar-refractivity contribution < 1.29 is 19.4 Å². The number of aromatic nitrogens is 1. The summed E-state index contributed by atoms with van der Waals surface area (Å²) in [5, 5.41) is 11.1. The number of rotatable bonds is 4. The number of carboxylic acids is 1. The summed E-state index contributed by atoms with van der Waals surface area (Å²) in [7, 11) is 1.38. The lowest BCUT2D eigenvalue weighted by atomic mass is 10.3. The summed E-state index contributed by atoms with van der Waals surface area (Å²) in [5.41, 5.74) is -0.0333. The number of nitrogens with one attached hydrogen (secondary N) is 1. The van der Waals surface area contributed by atoms with E-state index < -0.39 is 11.9 Å². The zero-order valence-electron chi connectivity index (χ0n) is 8.06. The number of aromatic carboxylic acids is 1. The fourth-order valence-corrected chi connectivity index (χ4v) is 0.994. The number of anilines is 1. The lowest BCUT2D eigenvalue weighted by Crippen LogP contribution is -2.19. The molecule has 0 saturated heterocycles. The van der Waals surface area contributed by atoms with E-state index in [1.807, 2.05) is 0 Å². The summed E-state index contributed by atoms with van der Waals surface area (Å²) < 4.78 is 4.60. The van der Waals surface area contributed by atoms with Crippen molar-refractivity contribution in [2.24, 2.45) is 0 Å². The van der Waals surface area contributed by atoms with E-state index in [4.69, 9.17) is 5.11 Å². The molecule has 0 aromatic carbocycles. The third kappa shape index (κ3) is 3.03. The summed E-state index contributed by atoms with van der Waals surface area (Å²) in [5.74, 6) is -1.61. The molecule has 80 valence electrons. The van der Waals surface area contributed by atoms with Crippen LogP contribution < -0.4 is 5.32 Å². The third-order valence-corrected chi connectivity index (χ3v) is 1.56. The highest BCUT2D eigenvalue weighted by Gasteiger charge is 2.12. The third-order valence-electron chi connectivity index (χ3n) is 1.56. The highest BCUT2D eigenvalue weighted by atomic mass is 16.5. The second-order valence-electron chi connectivity index (χ2n) is 2.69. The molecule has 0 aliphatic carbocycles. The van der Waals surface area contributed by atoms with Crippen LogP contribution in [0.3, 0.4) is 0 Å². The number of hydrogen-bond donors (Lipinski definition) is 2. The van der Waals surface area contributed by atoms with E-state index >= 15 is 0 Å². The minimum absolute atomic E-state index is 0.131. The SMILES string of the molecule is COCC(=O)Nc1cccnc1C(=O)O. The molecule has 0 unspecified atom stereocenters. The molecule has 0 fully saturated rings. The second kappa shape index (κ2) is 5.06. The Labute approximate surface area is 85.9 Å². The van der Waals surface area contributed by atoms with Gasteiger partial charge in [-0.15, -0.1) is 0 Å². The van der Waals surface area contributed by atoms with Crippen LogP contribution in [0.5, 0.6) is 0 Å². The highest BCUT2D eigenvalue weighted by Crippen LogP contribution is 2.11. The molecular formula is C9H10N2O4. The van der Waals surface area contributed by atoms with E-state index in [1.54, 1.807) is 0 Å². The number of ether oxygens (including phenoxy) is 1. The Balaban J connectivity index is 2.84. The molecule has 1 amide bonds. The molecule has 0 saturated carbocycles. The van der Waals surface area contributed by atoms with Crippen LogP contribution >= 0.6 is 0 Å². The molecule has 0 aliphatic heterocycles. The lowest BCUT2D eigenvalue weighted by molar-refractivity contribution is -0.119. The molecule has 15 heavy (non-hydrogen) atoms. The summed E-state index contributed by atoms with van der Waals surface area (Å²) in [4.78, 5) is 25.5. The minimum atomic E-state index is -1.19. The molecule has 0 bridgehead atoms. The quantitative estimate of drug-likeness (QED) is 0.749. The summed E-state index contributed by atoms with van der Waals surface area (Å²) in [6.07, 6.45) is 1.34. The van der Waals surface area contributed by atoms with E-state index in [0.29, 0.717) is 0 Å². The van der Waals surface area contributed by atoms with Crippen molar-refractivity contribution in [2.45, 2.75) is 0 Å². The molecule has 6 nitrogen and oxygen atoms in total. The molecule has 1 aromatic heterocycles. The van der Waals surface area contributed by atoms with Gasteiger partial charge in [0.05, 0.1) is 5.69 Å². The Hall–Kier alpha value is -1.95. The zero-order chi connectivity index (χ0) is 11.3. The normalized spacial score (nSPS) is 9.67. The Bertz CT molecular complexity index is 378. The topological polar surface area (TPSA) is 88.5 Å². The van der Waals surface area contributed by atoms with Crippen LogP contribution in [0.1, 0.15) is 10.5 Å². The molecule has 1 heterocycles. The van der Waals surface area contributed by atoms with E-state index in [0.717, 1.165) is 0 Å². The Kier molecular flexibility index (Phi) is 3.75. The first-order chi connectivity index (χ1) is 7.15. The van der Waals surface area contributed by atoms with E-state index in [1.165, 1.54) is 25.4 Å². The van der Waals surface area contributed by atoms with Crippen molar-refractivity contribution in [3.63, 3.8) is 0 Å². The van der Waals surface area contributed by atoms with Crippen LogP contribution in [0.25, 0.3) is 0 Å². The molecule has 0 aliphatic rings. The summed E-state index contributed by atoms with van der Waals surface area (Å²) in [6, 6.07) is 3.00. The Morgan fingerprint density at radius 2 is 2.33 bits per heavy atom. The smallest absolute Gasteiger partial charge is 0.356 e. The first kappa shape index (κ1) is 11.1. The molecule has 0 atom stereocenters. The van der Waals surface area contributed by atoms with Gasteiger partial charge in [-0.1, -0.05) is 0 Å². The average Bonchev–Trinajstić information content (AvgIpc) is 2.18. The number of carbonyl (C=O) groups excluding carboxylic acids is 1. The highest BCUT2D eigenvalue weighted by molar-refractivity contribution is 5.99. The van der Waals surface area contributed by atoms with Crippen molar-refractivity contribution >= 4 is 17.6 Å². The van der Waals surface area contributed by atoms with Crippen molar-refractivity contribution in [1.82, 2.24) is 4.98 Å². The molecule has 0 spiro atoms. The molecular weight excluding hydrogens is 200 g/mol. The summed E-state index contributed by atoms with van der Waals surface area (Å²) >= 11 is 0. The lowest BCUT2D eigenvalue weighted by Gasteiger charge is -2.06. The van der Waals surface area contributed by atoms with E-state index in [-0.39, 0.29) is 18.0 Å². The maximum Gasteiger partial charge on any atom is 0.356 e. The van der Waals surface area contributed by atoms with Gasteiger partial charge in [-0.3, -0.25) is 4.79 Å². The standard InChI is InChI=1S/C9H10N2O4/c1-15-5-7(12)11-6-3-2-4-10-8(6)9(13)14/h2-4H,5H2,1H3,(H,11,12)(H,13,14). The monoisotopic (exact) mass is 210 g/mol. The predicted molar refractivity (Wildman–Crippen MR) is 51.7 cm³/mol. The first-order valence-electron chi connectivity index (χ1n) is 4.12. The van der Waals surface area contributed by atoms with Gasteiger partial charge < -0.3 is 15.2 Å². The van der Waals surface area contributed by atoms with Gasteiger partial charge in [0.1, 0.15) is 6.61 Å². The van der Waals surface area contributed by atoms with Crippen molar-refractivity contribution in [3.8, 4) is 0 Å². The van der Waals surface area contributed by atoms with E-state index in [9.17, 15) is 9.59 Å². The molecule has 1 rings (SSSR count). The molecule has 0 radical (unpaired) electrons. The number of carbonyl (C=O) groups is 2. The second-order valence-corrected chi connectivity index (χ2v) is 2.69. The first-order valence-corrected chi connectivity index (χ1v) is 4.12.